The standard InChI is InChI=1S/C16H23N3O2/c1-16-9-5-4-6-12(16)14(16)15(20)18-17-10-11-7-8-13(21-11)19(2)3/h7-8,10,12,14H,4-6,9H2,1-3H3,(H,18,20). The summed E-state index contributed by atoms with van der Waals surface area (Å²) in [5.74, 6) is 2.17. The third-order valence-electron chi connectivity index (χ3n) is 5.03. The quantitative estimate of drug-likeness (QED) is 0.684. The molecule has 0 radical (unpaired) electrons. The van der Waals surface area contributed by atoms with Crippen molar-refractivity contribution in [3.05, 3.63) is 17.9 Å². The summed E-state index contributed by atoms with van der Waals surface area (Å²) in [6.07, 6.45) is 6.42. The number of anilines is 1. The summed E-state index contributed by atoms with van der Waals surface area (Å²) in [5.41, 5.74) is 2.89. The first kappa shape index (κ1) is 14.2. The Labute approximate surface area is 125 Å². The molecule has 0 bridgehead atoms. The van der Waals surface area contributed by atoms with E-state index in [0.717, 1.165) is 5.88 Å². The van der Waals surface area contributed by atoms with Crippen LogP contribution in [0.2, 0.25) is 0 Å². The van der Waals surface area contributed by atoms with Gasteiger partial charge < -0.3 is 9.32 Å². The second-order valence-electron chi connectivity index (χ2n) is 6.64. The summed E-state index contributed by atoms with van der Waals surface area (Å²) in [6, 6.07) is 3.71. The first-order chi connectivity index (χ1) is 10.0. The zero-order chi connectivity index (χ0) is 15.0. The molecule has 1 aromatic rings. The lowest BCUT2D eigenvalue weighted by Crippen LogP contribution is -2.22. The maximum Gasteiger partial charge on any atom is 0.244 e. The molecule has 1 amide bonds. The molecule has 0 saturated heterocycles. The van der Waals surface area contributed by atoms with Crippen LogP contribution in [0.25, 0.3) is 0 Å². The van der Waals surface area contributed by atoms with E-state index >= 15 is 0 Å². The molecule has 0 aromatic carbocycles. The minimum atomic E-state index is 0.0556. The van der Waals surface area contributed by atoms with Gasteiger partial charge in [0.15, 0.2) is 5.88 Å². The summed E-state index contributed by atoms with van der Waals surface area (Å²) in [7, 11) is 3.83. The van der Waals surface area contributed by atoms with Gasteiger partial charge in [0, 0.05) is 26.1 Å². The molecule has 3 rings (SSSR count). The van der Waals surface area contributed by atoms with Crippen molar-refractivity contribution < 1.29 is 9.21 Å². The molecule has 1 heterocycles. The number of furan rings is 1. The van der Waals surface area contributed by atoms with E-state index in [0.29, 0.717) is 11.7 Å². The van der Waals surface area contributed by atoms with Gasteiger partial charge in [-0.25, -0.2) is 5.43 Å². The van der Waals surface area contributed by atoms with Gasteiger partial charge in [-0.2, -0.15) is 5.10 Å². The number of hydrazone groups is 1. The van der Waals surface area contributed by atoms with Crippen LogP contribution < -0.4 is 10.3 Å². The zero-order valence-electron chi connectivity index (χ0n) is 12.9. The predicted molar refractivity (Wildman–Crippen MR) is 82.3 cm³/mol. The molecule has 2 fully saturated rings. The van der Waals surface area contributed by atoms with Crippen molar-refractivity contribution in [2.45, 2.75) is 32.6 Å². The van der Waals surface area contributed by atoms with Crippen LogP contribution in [-0.2, 0) is 4.79 Å². The number of hydrogen-bond acceptors (Lipinski definition) is 4. The van der Waals surface area contributed by atoms with Crippen LogP contribution in [0.4, 0.5) is 5.88 Å². The Morgan fingerprint density at radius 1 is 1.48 bits per heavy atom. The second kappa shape index (κ2) is 5.20. The van der Waals surface area contributed by atoms with Crippen molar-refractivity contribution in [1.82, 2.24) is 5.43 Å². The molecule has 114 valence electrons. The van der Waals surface area contributed by atoms with Crippen molar-refractivity contribution in [2.24, 2.45) is 22.4 Å². The Morgan fingerprint density at radius 2 is 2.29 bits per heavy atom. The largest absolute Gasteiger partial charge is 0.440 e. The lowest BCUT2D eigenvalue weighted by atomic mass is 9.90. The summed E-state index contributed by atoms with van der Waals surface area (Å²) in [6.45, 7) is 2.24. The Hall–Kier alpha value is -1.78. The number of nitrogens with zero attached hydrogens (tertiary/aromatic N) is 2. The average molecular weight is 289 g/mol. The third-order valence-corrected chi connectivity index (χ3v) is 5.03. The number of rotatable bonds is 4. The highest BCUT2D eigenvalue weighted by atomic mass is 16.4. The van der Waals surface area contributed by atoms with Gasteiger partial charge in [-0.3, -0.25) is 4.79 Å². The normalized spacial score (nSPS) is 31.0. The number of hydrogen-bond donors (Lipinski definition) is 1. The highest BCUT2D eigenvalue weighted by molar-refractivity contribution is 5.85. The number of carbonyl (C=O) groups is 1. The minimum absolute atomic E-state index is 0.0556. The van der Waals surface area contributed by atoms with E-state index in [1.165, 1.54) is 25.7 Å². The second-order valence-corrected chi connectivity index (χ2v) is 6.64. The SMILES string of the molecule is CN(C)c1ccc(C=NNC(=O)C2C3CCCCC32C)o1. The number of fused-ring (bicyclic) bond motifs is 1. The monoisotopic (exact) mass is 289 g/mol. The maximum absolute atomic E-state index is 12.2. The van der Waals surface area contributed by atoms with Crippen LogP contribution in [0.15, 0.2) is 21.7 Å². The Balaban J connectivity index is 1.55. The molecule has 0 aliphatic heterocycles. The van der Waals surface area contributed by atoms with E-state index in [1.807, 2.05) is 31.1 Å². The smallest absolute Gasteiger partial charge is 0.244 e. The van der Waals surface area contributed by atoms with Crippen molar-refractivity contribution >= 4 is 18.0 Å². The van der Waals surface area contributed by atoms with Crippen molar-refractivity contribution in [3.63, 3.8) is 0 Å². The van der Waals surface area contributed by atoms with Gasteiger partial charge in [-0.1, -0.05) is 19.8 Å². The molecule has 2 aliphatic rings. The molecule has 2 saturated carbocycles. The van der Waals surface area contributed by atoms with Crippen molar-refractivity contribution in [1.29, 1.82) is 0 Å². The Morgan fingerprint density at radius 3 is 2.90 bits per heavy atom. The molecule has 3 atom stereocenters. The van der Waals surface area contributed by atoms with E-state index in [-0.39, 0.29) is 17.2 Å². The Bertz CT molecular complexity index is 564. The van der Waals surface area contributed by atoms with Crippen LogP contribution in [0.1, 0.15) is 38.4 Å². The van der Waals surface area contributed by atoms with Gasteiger partial charge >= 0.3 is 0 Å². The molecular weight excluding hydrogens is 266 g/mol. The van der Waals surface area contributed by atoms with Crippen LogP contribution in [0.3, 0.4) is 0 Å². The van der Waals surface area contributed by atoms with Crippen LogP contribution in [-0.4, -0.2) is 26.2 Å². The lowest BCUT2D eigenvalue weighted by molar-refractivity contribution is -0.123. The van der Waals surface area contributed by atoms with Gasteiger partial charge in [-0.15, -0.1) is 0 Å². The van der Waals surface area contributed by atoms with E-state index in [1.54, 1.807) is 6.21 Å². The van der Waals surface area contributed by atoms with Gasteiger partial charge in [-0.05, 0) is 30.2 Å². The first-order valence-corrected chi connectivity index (χ1v) is 7.62. The molecule has 1 N–H and O–H groups in total. The highest BCUT2D eigenvalue weighted by Gasteiger charge is 2.64. The molecule has 3 unspecified atom stereocenters. The lowest BCUT2D eigenvalue weighted by Gasteiger charge is -2.15. The topological polar surface area (TPSA) is 57.8 Å². The number of carbonyl (C=O) groups excluding carboxylic acids is 1. The fraction of sp³-hybridized carbons (Fsp3) is 0.625. The van der Waals surface area contributed by atoms with Crippen LogP contribution >= 0.6 is 0 Å². The molecule has 2 aliphatic carbocycles. The van der Waals surface area contributed by atoms with Crippen molar-refractivity contribution in [3.8, 4) is 0 Å². The summed E-state index contributed by atoms with van der Waals surface area (Å²) in [4.78, 5) is 14.1. The van der Waals surface area contributed by atoms with E-state index in [4.69, 9.17) is 4.42 Å². The fourth-order valence-electron chi connectivity index (χ4n) is 3.73. The van der Waals surface area contributed by atoms with Gasteiger partial charge in [0.05, 0.1) is 6.21 Å². The van der Waals surface area contributed by atoms with E-state index < -0.39 is 0 Å². The molecule has 5 heteroatoms. The predicted octanol–water partition coefficient (Wildman–Crippen LogP) is 2.62. The van der Waals surface area contributed by atoms with Gasteiger partial charge in [0.25, 0.3) is 0 Å². The molecular formula is C16H23N3O2. The highest BCUT2D eigenvalue weighted by Crippen LogP contribution is 2.66. The maximum atomic E-state index is 12.2. The molecule has 5 nitrogen and oxygen atoms in total. The molecule has 21 heavy (non-hydrogen) atoms. The number of amides is 1. The molecule has 0 spiro atoms. The summed E-state index contributed by atoms with van der Waals surface area (Å²) in [5, 5.41) is 4.03. The summed E-state index contributed by atoms with van der Waals surface area (Å²) < 4.78 is 5.54. The first-order valence-electron chi connectivity index (χ1n) is 7.62. The average Bonchev–Trinajstić information content (AvgIpc) is 2.80. The third kappa shape index (κ3) is 2.57. The number of nitrogens with one attached hydrogen (secondary N) is 1. The minimum Gasteiger partial charge on any atom is -0.440 e. The van der Waals surface area contributed by atoms with E-state index in [2.05, 4.69) is 17.5 Å². The van der Waals surface area contributed by atoms with Gasteiger partial charge in [0.2, 0.25) is 5.91 Å². The molecule has 1 aromatic heterocycles. The van der Waals surface area contributed by atoms with E-state index in [9.17, 15) is 4.79 Å². The van der Waals surface area contributed by atoms with Crippen molar-refractivity contribution in [2.75, 3.05) is 19.0 Å². The zero-order valence-corrected chi connectivity index (χ0v) is 12.9. The van der Waals surface area contributed by atoms with Crippen LogP contribution in [0, 0.1) is 17.3 Å². The fourth-order valence-corrected chi connectivity index (χ4v) is 3.73. The van der Waals surface area contributed by atoms with Gasteiger partial charge in [0.1, 0.15) is 5.76 Å². The summed E-state index contributed by atoms with van der Waals surface area (Å²) >= 11 is 0. The van der Waals surface area contributed by atoms with Crippen LogP contribution in [0.5, 0.6) is 0 Å². The Kier molecular flexibility index (Phi) is 3.51.